The van der Waals surface area contributed by atoms with Crippen LogP contribution in [0.25, 0.3) is 0 Å². The lowest BCUT2D eigenvalue weighted by molar-refractivity contribution is -0.139. The lowest BCUT2D eigenvalue weighted by Gasteiger charge is -2.34. The molecule has 9 heteroatoms. The fourth-order valence-electron chi connectivity index (χ4n) is 3.88. The Morgan fingerprint density at radius 2 is 1.66 bits per heavy atom. The van der Waals surface area contributed by atoms with Crippen molar-refractivity contribution in [1.29, 1.82) is 0 Å². The van der Waals surface area contributed by atoms with Crippen molar-refractivity contribution >= 4 is 27.7 Å². The van der Waals surface area contributed by atoms with Crippen LogP contribution in [0.2, 0.25) is 0 Å². The average molecular weight is 503 g/mol. The van der Waals surface area contributed by atoms with Gasteiger partial charge in [-0.15, -0.1) is 0 Å². The summed E-state index contributed by atoms with van der Waals surface area (Å²) in [5, 5.41) is 2.81. The molecule has 35 heavy (non-hydrogen) atoms. The Morgan fingerprint density at radius 1 is 1.00 bits per heavy atom. The van der Waals surface area contributed by atoms with Crippen molar-refractivity contribution in [2.75, 3.05) is 38.0 Å². The Bertz CT molecular complexity index is 1100. The Morgan fingerprint density at radius 3 is 2.23 bits per heavy atom. The van der Waals surface area contributed by atoms with Crippen LogP contribution < -0.4 is 9.62 Å². The Balaban J connectivity index is 2.47. The normalized spacial score (nSPS) is 12.3. The van der Waals surface area contributed by atoms with E-state index < -0.39 is 28.7 Å². The molecule has 0 heterocycles. The third kappa shape index (κ3) is 7.29. The van der Waals surface area contributed by atoms with Crippen molar-refractivity contribution < 1.29 is 18.0 Å². The molecule has 1 N–H and O–H groups in total. The van der Waals surface area contributed by atoms with Gasteiger partial charge in [-0.3, -0.25) is 9.59 Å². The summed E-state index contributed by atoms with van der Waals surface area (Å²) in [7, 11) is -1.09. The highest BCUT2D eigenvalue weighted by Crippen LogP contribution is 2.26. The van der Waals surface area contributed by atoms with Gasteiger partial charge in [0.25, 0.3) is 0 Å². The van der Waals surface area contributed by atoms with Crippen LogP contribution in [-0.2, 0) is 26.2 Å². The van der Waals surface area contributed by atoms with Gasteiger partial charge in [0.2, 0.25) is 11.8 Å². The molecule has 0 aliphatic carbocycles. The first-order chi connectivity index (χ1) is 16.5. The molecule has 1 unspecified atom stereocenters. The van der Waals surface area contributed by atoms with Crippen LogP contribution in [-0.4, -0.2) is 69.2 Å². The van der Waals surface area contributed by atoms with E-state index >= 15 is 0 Å². The second kappa shape index (κ2) is 12.7. The topological polar surface area (TPSA) is 90.0 Å². The minimum absolute atomic E-state index is 0.245. The molecule has 0 radical (unpaired) electrons. The maximum Gasteiger partial charge on any atom is 0.304 e. The number of rotatable bonds is 12. The summed E-state index contributed by atoms with van der Waals surface area (Å²) in [4.78, 5) is 28.1. The van der Waals surface area contributed by atoms with Crippen LogP contribution in [0.15, 0.2) is 48.5 Å². The number of aryl methyl sites for hydroxylation is 2. The molecule has 0 spiro atoms. The van der Waals surface area contributed by atoms with Crippen LogP contribution in [0.4, 0.5) is 5.69 Å². The number of nitrogens with one attached hydrogen (secondary N) is 1. The molecule has 8 nitrogen and oxygen atoms in total. The summed E-state index contributed by atoms with van der Waals surface area (Å²) in [6.07, 6.45) is 0.961. The SMILES string of the molecule is CCNC(=O)C(CC)N(CCc1ccccc1)C(=O)CN(c1cc(C)ccc1C)S(=O)(=O)N(C)C. The lowest BCUT2D eigenvalue weighted by Crippen LogP contribution is -2.54. The van der Waals surface area contributed by atoms with E-state index in [-0.39, 0.29) is 5.91 Å². The molecular formula is C26H38N4O4S. The smallest absolute Gasteiger partial charge is 0.304 e. The van der Waals surface area contributed by atoms with E-state index in [1.807, 2.05) is 70.2 Å². The van der Waals surface area contributed by atoms with E-state index in [0.29, 0.717) is 31.6 Å². The zero-order valence-electron chi connectivity index (χ0n) is 21.6. The van der Waals surface area contributed by atoms with Crippen LogP contribution in [0.1, 0.15) is 37.0 Å². The maximum absolute atomic E-state index is 13.7. The number of hydrogen-bond donors (Lipinski definition) is 1. The fourth-order valence-corrected chi connectivity index (χ4v) is 4.99. The number of hydrogen-bond acceptors (Lipinski definition) is 4. The van der Waals surface area contributed by atoms with Crippen LogP contribution in [0, 0.1) is 13.8 Å². The first-order valence-electron chi connectivity index (χ1n) is 11.9. The van der Waals surface area contributed by atoms with E-state index in [2.05, 4.69) is 5.32 Å². The van der Waals surface area contributed by atoms with E-state index in [0.717, 1.165) is 25.3 Å². The molecule has 2 amide bonds. The van der Waals surface area contributed by atoms with Crippen molar-refractivity contribution in [2.45, 2.75) is 46.6 Å². The highest BCUT2D eigenvalue weighted by molar-refractivity contribution is 7.90. The third-order valence-corrected chi connectivity index (χ3v) is 7.68. The number of benzene rings is 2. The van der Waals surface area contributed by atoms with E-state index in [1.54, 1.807) is 6.07 Å². The molecule has 0 aliphatic heterocycles. The zero-order chi connectivity index (χ0) is 26.2. The molecule has 0 saturated carbocycles. The van der Waals surface area contributed by atoms with E-state index in [9.17, 15) is 18.0 Å². The highest BCUT2D eigenvalue weighted by atomic mass is 32.2. The standard InChI is InChI=1S/C26H38N4O4S/c1-7-23(26(32)27-8-2)29(17-16-22-12-10-9-11-13-22)25(31)19-30(35(33,34)28(5)6)24-18-20(3)14-15-21(24)4/h9-15,18,23H,7-8,16-17,19H2,1-6H3,(H,27,32). The van der Waals surface area contributed by atoms with Crippen molar-refractivity contribution in [3.63, 3.8) is 0 Å². The summed E-state index contributed by atoms with van der Waals surface area (Å²) in [6.45, 7) is 7.69. The van der Waals surface area contributed by atoms with E-state index in [4.69, 9.17) is 0 Å². The minimum Gasteiger partial charge on any atom is -0.355 e. The quantitative estimate of drug-likeness (QED) is 0.483. The summed E-state index contributed by atoms with van der Waals surface area (Å²) >= 11 is 0. The van der Waals surface area contributed by atoms with Gasteiger partial charge in [0.05, 0.1) is 5.69 Å². The van der Waals surface area contributed by atoms with Gasteiger partial charge >= 0.3 is 10.2 Å². The van der Waals surface area contributed by atoms with Crippen LogP contribution >= 0.6 is 0 Å². The monoisotopic (exact) mass is 502 g/mol. The molecule has 192 valence electrons. The van der Waals surface area contributed by atoms with Crippen LogP contribution in [0.3, 0.4) is 0 Å². The average Bonchev–Trinajstić information content (AvgIpc) is 2.82. The molecule has 1 atom stereocenters. The van der Waals surface area contributed by atoms with Crippen molar-refractivity contribution in [3.05, 3.63) is 65.2 Å². The van der Waals surface area contributed by atoms with Gasteiger partial charge in [-0.1, -0.05) is 49.4 Å². The molecular weight excluding hydrogens is 464 g/mol. The minimum atomic E-state index is -3.97. The Hall–Kier alpha value is -2.91. The first-order valence-corrected chi connectivity index (χ1v) is 13.3. The second-order valence-corrected chi connectivity index (χ2v) is 10.8. The summed E-state index contributed by atoms with van der Waals surface area (Å²) in [5.41, 5.74) is 3.09. The highest BCUT2D eigenvalue weighted by Gasteiger charge is 2.33. The van der Waals surface area contributed by atoms with Crippen LogP contribution in [0.5, 0.6) is 0 Å². The number of amides is 2. The molecule has 0 aliphatic rings. The first kappa shape index (κ1) is 28.3. The van der Waals surface area contributed by atoms with Crippen molar-refractivity contribution in [1.82, 2.24) is 14.5 Å². The molecule has 2 aromatic rings. The fraction of sp³-hybridized carbons (Fsp3) is 0.462. The number of carbonyl (C=O) groups excluding carboxylic acids is 2. The van der Waals surface area contributed by atoms with Crippen molar-refractivity contribution in [2.24, 2.45) is 0 Å². The Kier molecular flexibility index (Phi) is 10.3. The van der Waals surface area contributed by atoms with Gasteiger partial charge in [0, 0.05) is 27.2 Å². The lowest BCUT2D eigenvalue weighted by atomic mass is 10.1. The number of anilines is 1. The molecule has 0 bridgehead atoms. The van der Waals surface area contributed by atoms with Crippen molar-refractivity contribution in [3.8, 4) is 0 Å². The largest absolute Gasteiger partial charge is 0.355 e. The molecule has 2 rings (SSSR count). The molecule has 0 fully saturated rings. The number of nitrogens with zero attached hydrogens (tertiary/aromatic N) is 3. The van der Waals surface area contributed by atoms with Gasteiger partial charge in [-0.2, -0.15) is 12.7 Å². The number of carbonyl (C=O) groups is 2. The van der Waals surface area contributed by atoms with Gasteiger partial charge in [-0.25, -0.2) is 4.31 Å². The number of likely N-dealkylation sites (N-methyl/N-ethyl adjacent to an activating group) is 1. The predicted octanol–water partition coefficient (Wildman–Crippen LogP) is 2.90. The Labute approximate surface area is 210 Å². The predicted molar refractivity (Wildman–Crippen MR) is 140 cm³/mol. The third-order valence-electron chi connectivity index (χ3n) is 5.87. The van der Waals surface area contributed by atoms with Gasteiger partial charge in [0.15, 0.2) is 0 Å². The molecule has 2 aromatic carbocycles. The maximum atomic E-state index is 13.7. The molecule has 0 aromatic heterocycles. The summed E-state index contributed by atoms with van der Waals surface area (Å²) in [5.74, 6) is -0.671. The second-order valence-electron chi connectivity index (χ2n) is 8.73. The zero-order valence-corrected chi connectivity index (χ0v) is 22.4. The van der Waals surface area contributed by atoms with Gasteiger partial charge in [-0.05, 0) is 56.4 Å². The van der Waals surface area contributed by atoms with Gasteiger partial charge < -0.3 is 10.2 Å². The van der Waals surface area contributed by atoms with Gasteiger partial charge in [0.1, 0.15) is 12.6 Å². The molecule has 0 saturated heterocycles. The summed E-state index contributed by atoms with van der Waals surface area (Å²) in [6, 6.07) is 14.5. The summed E-state index contributed by atoms with van der Waals surface area (Å²) < 4.78 is 28.9. The van der Waals surface area contributed by atoms with E-state index in [1.165, 1.54) is 19.0 Å².